The predicted molar refractivity (Wildman–Crippen MR) is 115 cm³/mol. The maximum absolute atomic E-state index is 12.5. The van der Waals surface area contributed by atoms with Crippen LogP contribution in [0.4, 0.5) is 0 Å². The van der Waals surface area contributed by atoms with E-state index in [4.69, 9.17) is 23.2 Å². The highest BCUT2D eigenvalue weighted by Crippen LogP contribution is 2.22. The molecular weight excluding hydrogens is 411 g/mol. The van der Waals surface area contributed by atoms with Crippen LogP contribution in [0.3, 0.4) is 0 Å². The summed E-state index contributed by atoms with van der Waals surface area (Å²) in [5.74, 6) is 0.289. The van der Waals surface area contributed by atoms with Crippen LogP contribution in [0.1, 0.15) is 42.5 Å². The molecule has 0 aliphatic heterocycles. The third-order valence-electron chi connectivity index (χ3n) is 4.37. The number of imidazole rings is 1. The molecule has 0 radical (unpaired) electrons. The number of aromatic amines is 1. The van der Waals surface area contributed by atoms with Crippen molar-refractivity contribution in [1.82, 2.24) is 20.6 Å². The van der Waals surface area contributed by atoms with Crippen LogP contribution in [0.2, 0.25) is 10.0 Å². The molecule has 0 aliphatic rings. The van der Waals surface area contributed by atoms with Crippen molar-refractivity contribution in [2.24, 2.45) is 5.92 Å². The number of fused-ring (bicyclic) bond motifs is 1. The second-order valence-corrected chi connectivity index (χ2v) is 8.04. The van der Waals surface area contributed by atoms with Gasteiger partial charge in [-0.2, -0.15) is 0 Å². The Labute approximate surface area is 179 Å². The highest BCUT2D eigenvalue weighted by Gasteiger charge is 2.20. The summed E-state index contributed by atoms with van der Waals surface area (Å²) < 4.78 is 0. The van der Waals surface area contributed by atoms with E-state index in [1.54, 1.807) is 6.07 Å². The first-order valence-electron chi connectivity index (χ1n) is 9.30. The third kappa shape index (κ3) is 5.49. The summed E-state index contributed by atoms with van der Waals surface area (Å²) in [5, 5.41) is 6.21. The average molecular weight is 433 g/mol. The van der Waals surface area contributed by atoms with Crippen molar-refractivity contribution in [2.45, 2.75) is 26.3 Å². The molecule has 1 aromatic heterocycles. The lowest BCUT2D eigenvalue weighted by molar-refractivity contribution is -0.121. The van der Waals surface area contributed by atoms with Gasteiger partial charge in [-0.05, 0) is 42.7 Å². The molecule has 3 aromatic rings. The second-order valence-electron chi connectivity index (χ2n) is 7.20. The first kappa shape index (κ1) is 21.1. The van der Waals surface area contributed by atoms with Crippen molar-refractivity contribution in [3.05, 3.63) is 63.9 Å². The molecule has 8 heteroatoms. The maximum Gasteiger partial charge on any atom is 0.253 e. The van der Waals surface area contributed by atoms with E-state index < -0.39 is 5.91 Å². The largest absolute Gasteiger partial charge is 0.345 e. The molecule has 3 N–H and O–H groups in total. The van der Waals surface area contributed by atoms with Crippen LogP contribution in [0, 0.1) is 5.92 Å². The highest BCUT2D eigenvalue weighted by molar-refractivity contribution is 6.36. The van der Waals surface area contributed by atoms with Gasteiger partial charge in [0.25, 0.3) is 5.91 Å². The lowest BCUT2D eigenvalue weighted by atomic mass is 10.0. The Balaban J connectivity index is 1.66. The summed E-state index contributed by atoms with van der Waals surface area (Å²) in [6.45, 7) is 3.98. The Kier molecular flexibility index (Phi) is 6.77. The highest BCUT2D eigenvalue weighted by atomic mass is 35.5. The van der Waals surface area contributed by atoms with Gasteiger partial charge in [0.1, 0.15) is 5.82 Å². The summed E-state index contributed by atoms with van der Waals surface area (Å²) in [6.07, 6.45) is 0.711. The molecule has 2 amide bonds. The van der Waals surface area contributed by atoms with Gasteiger partial charge in [-0.25, -0.2) is 4.98 Å². The quantitative estimate of drug-likeness (QED) is 0.513. The van der Waals surface area contributed by atoms with Crippen LogP contribution in [0.25, 0.3) is 11.0 Å². The van der Waals surface area contributed by atoms with Gasteiger partial charge in [0, 0.05) is 5.02 Å². The number of benzene rings is 2. The molecular formula is C21H22Cl2N4O2. The van der Waals surface area contributed by atoms with Crippen LogP contribution in [0.15, 0.2) is 42.5 Å². The van der Waals surface area contributed by atoms with Crippen molar-refractivity contribution in [1.29, 1.82) is 0 Å². The molecule has 1 heterocycles. The van der Waals surface area contributed by atoms with Gasteiger partial charge in [-0.1, -0.05) is 49.2 Å². The molecule has 0 spiro atoms. The van der Waals surface area contributed by atoms with Crippen molar-refractivity contribution in [2.75, 3.05) is 6.54 Å². The van der Waals surface area contributed by atoms with Crippen LogP contribution in [-0.4, -0.2) is 28.3 Å². The lowest BCUT2D eigenvalue weighted by Gasteiger charge is -2.19. The smallest absolute Gasteiger partial charge is 0.253 e. The third-order valence-corrected chi connectivity index (χ3v) is 4.91. The molecule has 29 heavy (non-hydrogen) atoms. The molecule has 2 aromatic carbocycles. The molecule has 152 valence electrons. The first-order valence-corrected chi connectivity index (χ1v) is 10.1. The number of H-pyrrole nitrogens is 1. The lowest BCUT2D eigenvalue weighted by Crippen LogP contribution is -2.39. The zero-order valence-electron chi connectivity index (χ0n) is 16.1. The number of halogens is 2. The molecule has 1 atom stereocenters. The number of nitrogens with zero attached hydrogens (tertiary/aromatic N) is 1. The van der Waals surface area contributed by atoms with Gasteiger partial charge in [-0.3, -0.25) is 9.59 Å². The molecule has 1 unspecified atom stereocenters. The summed E-state index contributed by atoms with van der Waals surface area (Å²) in [7, 11) is 0. The zero-order valence-corrected chi connectivity index (χ0v) is 17.6. The summed E-state index contributed by atoms with van der Waals surface area (Å²) in [4.78, 5) is 32.6. The normalized spacial score (nSPS) is 12.2. The number of hydrogen-bond acceptors (Lipinski definition) is 3. The van der Waals surface area contributed by atoms with Gasteiger partial charge in [0.05, 0.1) is 34.2 Å². The fraction of sp³-hybridized carbons (Fsp3) is 0.286. The van der Waals surface area contributed by atoms with E-state index in [0.717, 1.165) is 11.0 Å². The van der Waals surface area contributed by atoms with E-state index in [2.05, 4.69) is 34.4 Å². The zero-order chi connectivity index (χ0) is 21.0. The van der Waals surface area contributed by atoms with Crippen molar-refractivity contribution < 1.29 is 9.59 Å². The molecule has 0 saturated carbocycles. The predicted octanol–water partition coefficient (Wildman–Crippen LogP) is 4.50. The Morgan fingerprint density at radius 3 is 2.59 bits per heavy atom. The van der Waals surface area contributed by atoms with Crippen LogP contribution in [0.5, 0.6) is 0 Å². The standard InChI is InChI=1S/C21H22Cl2N4O2/c1-12(2)9-18(20-26-16-5-3-4-6-17(16)27-20)25-19(28)11-24-21(29)14-8-7-13(22)10-15(14)23/h3-8,10,12,18H,9,11H2,1-2H3,(H,24,29)(H,25,28)(H,26,27). The minimum atomic E-state index is -0.439. The monoisotopic (exact) mass is 432 g/mol. The summed E-state index contributed by atoms with van der Waals surface area (Å²) in [6, 6.07) is 12.0. The molecule has 0 aliphatic carbocycles. The molecule has 0 bridgehead atoms. The SMILES string of the molecule is CC(C)CC(NC(=O)CNC(=O)c1ccc(Cl)cc1Cl)c1nc2ccccc2[nH]1. The molecule has 3 rings (SSSR count). The fourth-order valence-electron chi connectivity index (χ4n) is 3.02. The topological polar surface area (TPSA) is 86.9 Å². The number of amides is 2. The van der Waals surface area contributed by atoms with Crippen LogP contribution < -0.4 is 10.6 Å². The minimum absolute atomic E-state index is 0.174. The van der Waals surface area contributed by atoms with Crippen LogP contribution >= 0.6 is 23.2 Å². The van der Waals surface area contributed by atoms with E-state index in [9.17, 15) is 9.59 Å². The van der Waals surface area contributed by atoms with Crippen molar-refractivity contribution in [3.63, 3.8) is 0 Å². The van der Waals surface area contributed by atoms with E-state index in [0.29, 0.717) is 23.2 Å². The Morgan fingerprint density at radius 1 is 1.14 bits per heavy atom. The van der Waals surface area contributed by atoms with Gasteiger partial charge >= 0.3 is 0 Å². The number of para-hydroxylation sites is 2. The van der Waals surface area contributed by atoms with E-state index >= 15 is 0 Å². The number of rotatable bonds is 7. The number of carbonyl (C=O) groups excluding carboxylic acids is 2. The summed E-state index contributed by atoms with van der Waals surface area (Å²) >= 11 is 11.9. The average Bonchev–Trinajstić information content (AvgIpc) is 3.09. The molecule has 0 saturated heterocycles. The van der Waals surface area contributed by atoms with Crippen molar-refractivity contribution in [3.8, 4) is 0 Å². The molecule has 0 fully saturated rings. The van der Waals surface area contributed by atoms with E-state index in [1.165, 1.54) is 12.1 Å². The Bertz CT molecular complexity index is 999. The second kappa shape index (κ2) is 9.29. The molecule has 6 nitrogen and oxygen atoms in total. The first-order chi connectivity index (χ1) is 13.8. The van der Waals surface area contributed by atoms with Gasteiger partial charge < -0.3 is 15.6 Å². The number of aromatic nitrogens is 2. The fourth-order valence-corrected chi connectivity index (χ4v) is 3.52. The minimum Gasteiger partial charge on any atom is -0.345 e. The Morgan fingerprint density at radius 2 is 1.90 bits per heavy atom. The number of hydrogen-bond donors (Lipinski definition) is 3. The van der Waals surface area contributed by atoms with Gasteiger partial charge in [0.2, 0.25) is 5.91 Å². The van der Waals surface area contributed by atoms with E-state index in [-0.39, 0.29) is 29.1 Å². The van der Waals surface area contributed by atoms with Crippen LogP contribution in [-0.2, 0) is 4.79 Å². The van der Waals surface area contributed by atoms with Gasteiger partial charge in [-0.15, -0.1) is 0 Å². The maximum atomic E-state index is 12.5. The Hall–Kier alpha value is -2.57. The summed E-state index contributed by atoms with van der Waals surface area (Å²) in [5.41, 5.74) is 2.02. The van der Waals surface area contributed by atoms with E-state index in [1.807, 2.05) is 24.3 Å². The van der Waals surface area contributed by atoms with Crippen molar-refractivity contribution >= 4 is 46.0 Å². The number of nitrogens with one attached hydrogen (secondary N) is 3. The number of carbonyl (C=O) groups is 2. The van der Waals surface area contributed by atoms with Gasteiger partial charge in [0.15, 0.2) is 0 Å².